The first-order valence-electron chi connectivity index (χ1n) is 12.9. The number of carboxylic acids is 1. The molecule has 0 unspecified atom stereocenters. The monoisotopic (exact) mass is 503 g/mol. The van der Waals surface area contributed by atoms with Crippen molar-refractivity contribution in [2.24, 2.45) is 0 Å². The van der Waals surface area contributed by atoms with Crippen LogP contribution in [-0.2, 0) is 6.54 Å². The van der Waals surface area contributed by atoms with Crippen molar-refractivity contribution in [3.05, 3.63) is 95.3 Å². The van der Waals surface area contributed by atoms with Crippen molar-refractivity contribution < 1.29 is 19.1 Å². The lowest BCUT2D eigenvalue weighted by Crippen LogP contribution is -2.43. The number of carbonyl (C=O) groups is 2. The third kappa shape index (κ3) is 6.17. The van der Waals surface area contributed by atoms with E-state index in [1.807, 2.05) is 49.1 Å². The third-order valence-electron chi connectivity index (χ3n) is 7.07. The number of carbonyl (C=O) groups excluding carboxylic acids is 1. The van der Waals surface area contributed by atoms with Crippen LogP contribution < -0.4 is 4.90 Å². The molecule has 7 heteroatoms. The molecular formula is C30H34FN3O3. The van der Waals surface area contributed by atoms with E-state index >= 15 is 4.39 Å². The Morgan fingerprint density at radius 2 is 1.54 bits per heavy atom. The predicted octanol–water partition coefficient (Wildman–Crippen LogP) is 5.81. The molecule has 3 aromatic carbocycles. The van der Waals surface area contributed by atoms with Crippen LogP contribution in [0.1, 0.15) is 53.0 Å². The average molecular weight is 504 g/mol. The van der Waals surface area contributed by atoms with E-state index in [0.29, 0.717) is 18.7 Å². The molecule has 1 aliphatic rings. The summed E-state index contributed by atoms with van der Waals surface area (Å²) >= 11 is 0. The highest BCUT2D eigenvalue weighted by Gasteiger charge is 2.29. The number of piperidine rings is 1. The molecule has 0 aliphatic carbocycles. The molecule has 4 rings (SSSR count). The molecule has 0 aromatic heterocycles. The molecule has 194 valence electrons. The number of benzene rings is 3. The van der Waals surface area contributed by atoms with E-state index in [4.69, 9.17) is 0 Å². The Morgan fingerprint density at radius 1 is 0.919 bits per heavy atom. The van der Waals surface area contributed by atoms with Gasteiger partial charge in [0.1, 0.15) is 5.82 Å². The molecular weight excluding hydrogens is 469 g/mol. The molecule has 0 bridgehead atoms. The van der Waals surface area contributed by atoms with Gasteiger partial charge in [0.15, 0.2) is 0 Å². The highest BCUT2D eigenvalue weighted by atomic mass is 19.1. The van der Waals surface area contributed by atoms with Gasteiger partial charge in [-0.3, -0.25) is 9.69 Å². The maximum atomic E-state index is 15.2. The number of halogens is 1. The maximum absolute atomic E-state index is 15.2. The van der Waals surface area contributed by atoms with Crippen LogP contribution in [0.5, 0.6) is 0 Å². The first-order valence-corrected chi connectivity index (χ1v) is 12.9. The minimum Gasteiger partial charge on any atom is -0.478 e. The second kappa shape index (κ2) is 12.0. The first kappa shape index (κ1) is 26.4. The smallest absolute Gasteiger partial charge is 0.335 e. The lowest BCUT2D eigenvalue weighted by atomic mass is 9.99. The van der Waals surface area contributed by atoms with Gasteiger partial charge in [-0.15, -0.1) is 0 Å². The van der Waals surface area contributed by atoms with Gasteiger partial charge in [-0.25, -0.2) is 9.18 Å². The van der Waals surface area contributed by atoms with E-state index in [0.717, 1.165) is 38.2 Å². The second-order valence-corrected chi connectivity index (χ2v) is 9.36. The van der Waals surface area contributed by atoms with Crippen molar-refractivity contribution in [2.45, 2.75) is 39.3 Å². The van der Waals surface area contributed by atoms with Crippen LogP contribution in [0.25, 0.3) is 0 Å². The van der Waals surface area contributed by atoms with Crippen LogP contribution >= 0.6 is 0 Å². The Morgan fingerprint density at radius 3 is 2.14 bits per heavy atom. The molecule has 1 saturated heterocycles. The molecule has 0 spiro atoms. The fourth-order valence-electron chi connectivity index (χ4n) is 5.01. The van der Waals surface area contributed by atoms with Crippen LogP contribution in [0.3, 0.4) is 0 Å². The van der Waals surface area contributed by atoms with E-state index in [9.17, 15) is 14.7 Å². The Bertz CT molecular complexity index is 1200. The van der Waals surface area contributed by atoms with E-state index in [1.165, 1.54) is 23.8 Å². The van der Waals surface area contributed by atoms with Gasteiger partial charge in [0, 0.05) is 50.0 Å². The standard InChI is InChI=1S/C30H34FN3O3/c1-3-33(4-2)29(35)23-10-13-25(14-11-23)34(28-20-24(30(36)37)12-15-27(28)31)26-16-18-32(19-17-26)21-22-8-6-5-7-9-22/h5-15,20,26H,3-4,16-19,21H2,1-2H3,(H,36,37). The maximum Gasteiger partial charge on any atom is 0.335 e. The zero-order valence-electron chi connectivity index (χ0n) is 21.4. The van der Waals surface area contributed by atoms with Gasteiger partial charge in [0.2, 0.25) is 0 Å². The summed E-state index contributed by atoms with van der Waals surface area (Å²) in [4.78, 5) is 30.5. The summed E-state index contributed by atoms with van der Waals surface area (Å²) in [6, 6.07) is 21.4. The summed E-state index contributed by atoms with van der Waals surface area (Å²) in [5, 5.41) is 9.54. The molecule has 3 aromatic rings. The molecule has 1 heterocycles. The normalized spacial score (nSPS) is 14.4. The molecule has 0 radical (unpaired) electrons. The Kier molecular flexibility index (Phi) is 8.56. The summed E-state index contributed by atoms with van der Waals surface area (Å²) in [5.74, 6) is -1.62. The number of aromatic carboxylic acids is 1. The van der Waals surface area contributed by atoms with Crippen LogP contribution in [0.2, 0.25) is 0 Å². The number of nitrogens with zero attached hydrogens (tertiary/aromatic N) is 3. The number of hydrogen-bond donors (Lipinski definition) is 1. The minimum absolute atomic E-state index is 0.0186. The molecule has 37 heavy (non-hydrogen) atoms. The predicted molar refractivity (Wildman–Crippen MR) is 144 cm³/mol. The molecule has 1 N–H and O–H groups in total. The van der Waals surface area contributed by atoms with Crippen molar-refractivity contribution in [3.8, 4) is 0 Å². The van der Waals surface area contributed by atoms with Crippen LogP contribution in [0, 0.1) is 5.82 Å². The van der Waals surface area contributed by atoms with E-state index < -0.39 is 11.8 Å². The van der Waals surface area contributed by atoms with Gasteiger partial charge in [-0.2, -0.15) is 0 Å². The zero-order valence-corrected chi connectivity index (χ0v) is 21.4. The summed E-state index contributed by atoms with van der Waals surface area (Å²) < 4.78 is 15.2. The number of likely N-dealkylation sites (tertiary alicyclic amines) is 1. The van der Waals surface area contributed by atoms with Crippen molar-refractivity contribution >= 4 is 23.3 Å². The molecule has 6 nitrogen and oxygen atoms in total. The van der Waals surface area contributed by atoms with E-state index in [2.05, 4.69) is 17.0 Å². The average Bonchev–Trinajstić information content (AvgIpc) is 2.92. The highest BCUT2D eigenvalue weighted by molar-refractivity contribution is 5.94. The second-order valence-electron chi connectivity index (χ2n) is 9.36. The number of anilines is 2. The molecule has 0 saturated carbocycles. The first-order chi connectivity index (χ1) is 17.9. The van der Waals surface area contributed by atoms with E-state index in [-0.39, 0.29) is 23.2 Å². The quantitative estimate of drug-likeness (QED) is 0.399. The molecule has 1 aliphatic heterocycles. The topological polar surface area (TPSA) is 64.1 Å². The van der Waals surface area contributed by atoms with Gasteiger partial charge in [-0.05, 0) is 74.7 Å². The highest BCUT2D eigenvalue weighted by Crippen LogP contribution is 2.35. The van der Waals surface area contributed by atoms with E-state index in [1.54, 1.807) is 17.0 Å². The molecule has 1 amide bonds. The van der Waals surface area contributed by atoms with Crippen LogP contribution in [0.15, 0.2) is 72.8 Å². The van der Waals surface area contributed by atoms with Crippen molar-refractivity contribution in [1.29, 1.82) is 0 Å². The number of hydrogen-bond acceptors (Lipinski definition) is 4. The summed E-state index contributed by atoms with van der Waals surface area (Å²) in [6.45, 7) is 7.68. The fourth-order valence-corrected chi connectivity index (χ4v) is 5.01. The largest absolute Gasteiger partial charge is 0.478 e. The summed E-state index contributed by atoms with van der Waals surface area (Å²) in [6.07, 6.45) is 1.59. The van der Waals surface area contributed by atoms with Gasteiger partial charge < -0.3 is 14.9 Å². The number of amides is 1. The molecule has 0 atom stereocenters. The van der Waals surface area contributed by atoms with Gasteiger partial charge in [0.05, 0.1) is 11.3 Å². The minimum atomic E-state index is -1.10. The summed E-state index contributed by atoms with van der Waals surface area (Å²) in [5.41, 5.74) is 2.84. The third-order valence-corrected chi connectivity index (χ3v) is 7.07. The lowest BCUT2D eigenvalue weighted by molar-refractivity contribution is 0.0695. The van der Waals surface area contributed by atoms with Gasteiger partial charge in [-0.1, -0.05) is 30.3 Å². The Hall–Kier alpha value is -3.71. The lowest BCUT2D eigenvalue weighted by Gasteiger charge is -2.40. The summed E-state index contributed by atoms with van der Waals surface area (Å²) in [7, 11) is 0. The molecule has 1 fully saturated rings. The fraction of sp³-hybridized carbons (Fsp3) is 0.333. The van der Waals surface area contributed by atoms with Crippen LogP contribution in [-0.4, -0.2) is 59.0 Å². The van der Waals surface area contributed by atoms with Gasteiger partial charge >= 0.3 is 5.97 Å². The SMILES string of the molecule is CCN(CC)C(=O)c1ccc(N(c2cc(C(=O)O)ccc2F)C2CCN(Cc3ccccc3)CC2)cc1. The number of carboxylic acid groups (broad SMARTS) is 1. The van der Waals surface area contributed by atoms with Crippen molar-refractivity contribution in [3.63, 3.8) is 0 Å². The van der Waals surface area contributed by atoms with Gasteiger partial charge in [0.25, 0.3) is 5.91 Å². The van der Waals surface area contributed by atoms with Crippen molar-refractivity contribution in [1.82, 2.24) is 9.80 Å². The Balaban J connectivity index is 1.62. The Labute approximate surface area is 217 Å². The van der Waals surface area contributed by atoms with Crippen LogP contribution in [0.4, 0.5) is 15.8 Å². The zero-order chi connectivity index (χ0) is 26.4. The number of rotatable bonds is 9. The van der Waals surface area contributed by atoms with Crippen molar-refractivity contribution in [2.75, 3.05) is 31.1 Å².